The lowest BCUT2D eigenvalue weighted by Crippen LogP contribution is -2.30. The van der Waals surface area contributed by atoms with Gasteiger partial charge in [-0.05, 0) is 86.8 Å². The van der Waals surface area contributed by atoms with Crippen LogP contribution in [0.15, 0.2) is 97.1 Å². The summed E-state index contributed by atoms with van der Waals surface area (Å²) in [4.78, 5) is 68.1. The Kier molecular flexibility index (Phi) is 21.3. The van der Waals surface area contributed by atoms with Crippen molar-refractivity contribution in [2.24, 2.45) is 0 Å². The molecule has 0 saturated heterocycles. The topological polar surface area (TPSA) is 183 Å². The number of nitrogen functional groups attached to an aromatic ring is 1. The van der Waals surface area contributed by atoms with Crippen molar-refractivity contribution in [3.8, 4) is 0 Å². The van der Waals surface area contributed by atoms with Gasteiger partial charge in [-0.2, -0.15) is 0 Å². The number of aryl methyl sites for hydroxylation is 2. The van der Waals surface area contributed by atoms with Crippen LogP contribution in [-0.2, 0) is 28.7 Å². The lowest BCUT2D eigenvalue weighted by Gasteiger charge is -2.16. The van der Waals surface area contributed by atoms with Crippen LogP contribution in [0.1, 0.15) is 59.5 Å². The van der Waals surface area contributed by atoms with E-state index in [4.69, 9.17) is 45.3 Å². The number of nitrogens with two attached hydrogens (primary N) is 1. The first-order valence-corrected chi connectivity index (χ1v) is 17.6. The highest BCUT2D eigenvalue weighted by Gasteiger charge is 2.21. The Morgan fingerprint density at radius 1 is 0.611 bits per heavy atom. The molecule has 0 unspecified atom stereocenters. The van der Waals surface area contributed by atoms with Gasteiger partial charge >= 0.3 is 11.9 Å². The Balaban J connectivity index is 0.000000432. The SMILES string of the molecule is CC(=O)O[C@@H](C)C(=O)Cl.CC(=O)O[C@@H](C)C(=O)Nc1cccc(C)c1C(=O)Nc1ccccc1.Cc1cccc(N)c1C(=O)Nc1ccccc1.ClCCl. The summed E-state index contributed by atoms with van der Waals surface area (Å²) in [7, 11) is 0. The van der Waals surface area contributed by atoms with E-state index in [0.717, 1.165) is 11.3 Å². The fourth-order valence-corrected chi connectivity index (χ4v) is 4.38. The molecule has 288 valence electrons. The number of hydrogen-bond acceptors (Lipinski definition) is 9. The standard InChI is InChI=1S/C19H20N2O4.C14H14N2O.C5H7ClO3.CH2Cl2/c1-12-8-7-11-16(21-18(23)13(2)25-14(3)22)17(12)19(24)20-15-9-5-4-6-10-15;1-10-6-5-9-12(15)13(10)14(17)16-11-7-3-2-4-8-11;1-3(5(6)8)9-4(2)7;2-1-3/h4-11,13H,1-3H3,(H,20,24)(H,21,23);2-9H,15H2,1H3,(H,16,17);3H,1-2H3;1H2/t13-;;3-;/m0.0./s1. The number of anilines is 4. The first-order valence-electron chi connectivity index (χ1n) is 16.2. The molecule has 0 spiro atoms. The summed E-state index contributed by atoms with van der Waals surface area (Å²) in [6.07, 6.45) is -1.78. The molecule has 4 aromatic rings. The maximum atomic E-state index is 12.6. The Bertz CT molecular complexity index is 1840. The van der Waals surface area contributed by atoms with E-state index >= 15 is 0 Å². The van der Waals surface area contributed by atoms with Crippen LogP contribution in [0, 0.1) is 13.8 Å². The smallest absolute Gasteiger partial charge is 0.303 e. The van der Waals surface area contributed by atoms with E-state index in [1.54, 1.807) is 43.3 Å². The number of carbonyl (C=O) groups is 6. The number of rotatable bonds is 9. The van der Waals surface area contributed by atoms with Crippen molar-refractivity contribution >= 4 is 92.5 Å². The summed E-state index contributed by atoms with van der Waals surface area (Å²) in [5.74, 6) is -2.06. The second-order valence-electron chi connectivity index (χ2n) is 11.1. The monoisotopic (exact) mass is 800 g/mol. The van der Waals surface area contributed by atoms with Gasteiger partial charge in [0.15, 0.2) is 12.2 Å². The predicted octanol–water partition coefficient (Wildman–Crippen LogP) is 8.09. The Labute approximate surface area is 329 Å². The number of hydrogen-bond donors (Lipinski definition) is 4. The second kappa shape index (κ2) is 24.7. The van der Waals surface area contributed by atoms with Crippen molar-refractivity contribution in [1.82, 2.24) is 0 Å². The number of carbonyl (C=O) groups excluding carboxylic acids is 6. The van der Waals surface area contributed by atoms with Crippen LogP contribution in [-0.4, -0.2) is 52.4 Å². The van der Waals surface area contributed by atoms with Gasteiger partial charge in [0.05, 0.1) is 22.2 Å². The summed E-state index contributed by atoms with van der Waals surface area (Å²) < 4.78 is 9.25. The Morgan fingerprint density at radius 2 is 1.02 bits per heavy atom. The van der Waals surface area contributed by atoms with Crippen LogP contribution in [0.3, 0.4) is 0 Å². The van der Waals surface area contributed by atoms with Gasteiger partial charge < -0.3 is 31.2 Å². The zero-order chi connectivity index (χ0) is 40.8. The molecule has 0 aromatic heterocycles. The highest BCUT2D eigenvalue weighted by molar-refractivity contribution is 6.64. The van der Waals surface area contributed by atoms with Gasteiger partial charge in [-0.25, -0.2) is 0 Å². The second-order valence-corrected chi connectivity index (χ2v) is 12.3. The third-order valence-corrected chi connectivity index (χ3v) is 7.03. The van der Waals surface area contributed by atoms with E-state index in [0.29, 0.717) is 33.8 Å². The summed E-state index contributed by atoms with van der Waals surface area (Å²) in [5, 5.41) is 7.80. The first-order chi connectivity index (χ1) is 25.5. The van der Waals surface area contributed by atoms with Crippen molar-refractivity contribution in [3.63, 3.8) is 0 Å². The Hall–Kier alpha value is -5.43. The van der Waals surface area contributed by atoms with Gasteiger partial charge in [-0.1, -0.05) is 60.7 Å². The van der Waals surface area contributed by atoms with Crippen LogP contribution < -0.4 is 21.7 Å². The minimum atomic E-state index is -0.956. The van der Waals surface area contributed by atoms with E-state index in [1.165, 1.54) is 27.7 Å². The van der Waals surface area contributed by atoms with Crippen LogP contribution in [0.5, 0.6) is 0 Å². The fourth-order valence-electron chi connectivity index (χ4n) is 4.34. The molecular weight excluding hydrogens is 759 g/mol. The average molecular weight is 802 g/mol. The van der Waals surface area contributed by atoms with Crippen LogP contribution >= 0.6 is 34.8 Å². The van der Waals surface area contributed by atoms with Crippen LogP contribution in [0.4, 0.5) is 22.7 Å². The lowest BCUT2D eigenvalue weighted by molar-refractivity contribution is -0.150. The van der Waals surface area contributed by atoms with Gasteiger partial charge in [-0.3, -0.25) is 28.8 Å². The normalized spacial score (nSPS) is 10.8. The molecule has 0 aliphatic rings. The van der Waals surface area contributed by atoms with E-state index in [1.807, 2.05) is 67.6 Å². The fraction of sp³-hybridized carbons (Fsp3) is 0.231. The molecule has 3 amide bonds. The zero-order valence-corrected chi connectivity index (χ0v) is 32.8. The van der Waals surface area contributed by atoms with Gasteiger partial charge in [-0.15, -0.1) is 23.2 Å². The molecule has 0 radical (unpaired) electrons. The average Bonchev–Trinajstić information content (AvgIpc) is 3.09. The van der Waals surface area contributed by atoms with Crippen LogP contribution in [0.25, 0.3) is 0 Å². The molecule has 0 bridgehead atoms. The van der Waals surface area contributed by atoms with E-state index in [-0.39, 0.29) is 17.2 Å². The molecule has 0 aliphatic carbocycles. The largest absolute Gasteiger partial charge is 0.453 e. The van der Waals surface area contributed by atoms with E-state index in [9.17, 15) is 28.8 Å². The van der Waals surface area contributed by atoms with Gasteiger partial charge in [0.1, 0.15) is 0 Å². The Morgan fingerprint density at radius 3 is 1.43 bits per heavy atom. The van der Waals surface area contributed by atoms with Gasteiger partial charge in [0.25, 0.3) is 23.0 Å². The van der Waals surface area contributed by atoms with Crippen molar-refractivity contribution in [2.45, 2.75) is 53.8 Å². The molecule has 0 aliphatic heterocycles. The molecule has 0 fully saturated rings. The molecule has 4 aromatic carbocycles. The maximum Gasteiger partial charge on any atom is 0.303 e. The number of halogens is 3. The molecule has 0 saturated carbocycles. The van der Waals surface area contributed by atoms with Crippen molar-refractivity contribution in [2.75, 3.05) is 27.0 Å². The van der Waals surface area contributed by atoms with Gasteiger partial charge in [0, 0.05) is 30.9 Å². The number of ether oxygens (including phenoxy) is 2. The van der Waals surface area contributed by atoms with E-state index in [2.05, 4.69) is 20.7 Å². The minimum Gasteiger partial charge on any atom is -0.453 e. The molecule has 12 nitrogen and oxygen atoms in total. The highest BCUT2D eigenvalue weighted by atomic mass is 35.5. The number of amides is 3. The summed E-state index contributed by atoms with van der Waals surface area (Å²) in [5.41, 5.74) is 10.6. The molecule has 54 heavy (non-hydrogen) atoms. The number of nitrogens with one attached hydrogen (secondary N) is 3. The molecule has 15 heteroatoms. The minimum absolute atomic E-state index is 0.174. The highest BCUT2D eigenvalue weighted by Crippen LogP contribution is 2.22. The van der Waals surface area contributed by atoms with E-state index < -0.39 is 35.3 Å². The number of benzene rings is 4. The quantitative estimate of drug-likeness (QED) is 0.0563. The number of esters is 2. The zero-order valence-electron chi connectivity index (χ0n) is 30.6. The maximum absolute atomic E-state index is 12.6. The number of alkyl halides is 2. The van der Waals surface area contributed by atoms with Crippen LogP contribution in [0.2, 0.25) is 0 Å². The van der Waals surface area contributed by atoms with Crippen molar-refractivity contribution in [3.05, 3.63) is 119 Å². The lowest BCUT2D eigenvalue weighted by atomic mass is 10.1. The third-order valence-electron chi connectivity index (χ3n) is 6.73. The third kappa shape index (κ3) is 17.4. The molecule has 4 rings (SSSR count). The molecule has 2 atom stereocenters. The summed E-state index contributed by atoms with van der Waals surface area (Å²) in [6.45, 7) is 8.99. The summed E-state index contributed by atoms with van der Waals surface area (Å²) >= 11 is 14.5. The van der Waals surface area contributed by atoms with Gasteiger partial charge in [0.2, 0.25) is 0 Å². The summed E-state index contributed by atoms with van der Waals surface area (Å²) in [6, 6.07) is 28.9. The molecular formula is C39H43Cl3N4O8. The first kappa shape index (κ1) is 46.6. The van der Waals surface area contributed by atoms with Crippen molar-refractivity contribution in [1.29, 1.82) is 0 Å². The predicted molar refractivity (Wildman–Crippen MR) is 214 cm³/mol. The molecule has 5 N–H and O–H groups in total. The van der Waals surface area contributed by atoms with Crippen molar-refractivity contribution < 1.29 is 38.2 Å². The molecule has 0 heterocycles. The number of para-hydroxylation sites is 2.